The first-order chi connectivity index (χ1) is 13.0. The zero-order valence-electron chi connectivity index (χ0n) is 15.6. The Kier molecular flexibility index (Phi) is 5.76. The van der Waals surface area contributed by atoms with Crippen molar-refractivity contribution in [3.63, 3.8) is 0 Å². The van der Waals surface area contributed by atoms with Crippen LogP contribution in [0.4, 0.5) is 0 Å². The standard InChI is InChI=1S/C19H23NO6S/c1-4-20(13-14-5-7-16(23-2)18(11-14)24-3)27(21,22)15-6-8-17-19(12-15)26-10-9-25-17/h5-8,11-12H,4,9-10,13H2,1-3H3. The lowest BCUT2D eigenvalue weighted by molar-refractivity contribution is 0.171. The van der Waals surface area contributed by atoms with Crippen LogP contribution in [-0.4, -0.2) is 46.7 Å². The highest BCUT2D eigenvalue weighted by Crippen LogP contribution is 2.34. The Balaban J connectivity index is 1.88. The number of benzene rings is 2. The first-order valence-electron chi connectivity index (χ1n) is 8.60. The van der Waals surface area contributed by atoms with Crippen molar-refractivity contribution in [3.05, 3.63) is 42.0 Å². The molecule has 2 aromatic carbocycles. The number of ether oxygens (including phenoxy) is 4. The van der Waals surface area contributed by atoms with E-state index in [4.69, 9.17) is 18.9 Å². The topological polar surface area (TPSA) is 74.3 Å². The van der Waals surface area contributed by atoms with Crippen LogP contribution in [0.3, 0.4) is 0 Å². The molecule has 27 heavy (non-hydrogen) atoms. The predicted octanol–water partition coefficient (Wildman–Crippen LogP) is 2.69. The van der Waals surface area contributed by atoms with Crippen molar-refractivity contribution in [1.82, 2.24) is 4.31 Å². The maximum atomic E-state index is 13.1. The summed E-state index contributed by atoms with van der Waals surface area (Å²) in [5.74, 6) is 2.16. The molecule has 1 aliphatic heterocycles. The van der Waals surface area contributed by atoms with E-state index < -0.39 is 10.0 Å². The van der Waals surface area contributed by atoms with E-state index in [0.717, 1.165) is 5.56 Å². The molecule has 0 saturated heterocycles. The Hall–Kier alpha value is -2.45. The van der Waals surface area contributed by atoms with Gasteiger partial charge >= 0.3 is 0 Å². The average molecular weight is 393 g/mol. The second kappa shape index (κ2) is 8.06. The summed E-state index contributed by atoms with van der Waals surface area (Å²) in [6.45, 7) is 3.20. The van der Waals surface area contributed by atoms with Crippen molar-refractivity contribution in [1.29, 1.82) is 0 Å². The normalized spacial score (nSPS) is 13.5. The van der Waals surface area contributed by atoms with Crippen molar-refractivity contribution >= 4 is 10.0 Å². The number of methoxy groups -OCH3 is 2. The van der Waals surface area contributed by atoms with E-state index in [1.165, 1.54) is 10.4 Å². The summed E-state index contributed by atoms with van der Waals surface area (Å²) in [5, 5.41) is 0. The molecule has 0 radical (unpaired) electrons. The minimum atomic E-state index is -3.69. The monoisotopic (exact) mass is 393 g/mol. The molecule has 3 rings (SSSR count). The lowest BCUT2D eigenvalue weighted by Gasteiger charge is -2.23. The molecule has 0 spiro atoms. The molecular weight excluding hydrogens is 370 g/mol. The zero-order chi connectivity index (χ0) is 19.4. The SMILES string of the molecule is CCN(Cc1ccc(OC)c(OC)c1)S(=O)(=O)c1ccc2c(c1)OCCO2. The van der Waals surface area contributed by atoms with Crippen molar-refractivity contribution in [3.8, 4) is 23.0 Å². The second-order valence-electron chi connectivity index (χ2n) is 5.93. The smallest absolute Gasteiger partial charge is 0.243 e. The van der Waals surface area contributed by atoms with Crippen LogP contribution < -0.4 is 18.9 Å². The summed E-state index contributed by atoms with van der Waals surface area (Å²) < 4.78 is 49.1. The Morgan fingerprint density at radius 2 is 1.67 bits per heavy atom. The van der Waals surface area contributed by atoms with E-state index in [0.29, 0.717) is 42.8 Å². The van der Waals surface area contributed by atoms with Gasteiger partial charge in [0.2, 0.25) is 10.0 Å². The molecule has 146 valence electrons. The van der Waals surface area contributed by atoms with Crippen LogP contribution in [-0.2, 0) is 16.6 Å². The molecule has 0 amide bonds. The predicted molar refractivity (Wildman–Crippen MR) is 100 cm³/mol. The van der Waals surface area contributed by atoms with Gasteiger partial charge in [0.05, 0.1) is 19.1 Å². The molecule has 0 N–H and O–H groups in total. The van der Waals surface area contributed by atoms with Crippen molar-refractivity contribution in [2.45, 2.75) is 18.4 Å². The van der Waals surface area contributed by atoms with E-state index >= 15 is 0 Å². The average Bonchev–Trinajstić information content (AvgIpc) is 2.71. The molecule has 0 bridgehead atoms. The Morgan fingerprint density at radius 3 is 2.33 bits per heavy atom. The van der Waals surface area contributed by atoms with E-state index in [9.17, 15) is 8.42 Å². The molecule has 7 nitrogen and oxygen atoms in total. The summed E-state index contributed by atoms with van der Waals surface area (Å²) in [7, 11) is -0.588. The first kappa shape index (κ1) is 19.3. The van der Waals surface area contributed by atoms with Gasteiger partial charge in [-0.05, 0) is 29.8 Å². The molecule has 1 heterocycles. The third-order valence-corrected chi connectivity index (χ3v) is 6.23. The molecular formula is C19H23NO6S. The highest BCUT2D eigenvalue weighted by Gasteiger charge is 2.26. The molecule has 0 atom stereocenters. The van der Waals surface area contributed by atoms with Crippen LogP contribution in [0.1, 0.15) is 12.5 Å². The van der Waals surface area contributed by atoms with Crippen LogP contribution in [0, 0.1) is 0 Å². The largest absolute Gasteiger partial charge is 0.493 e. The molecule has 0 unspecified atom stereocenters. The van der Waals surface area contributed by atoms with Crippen LogP contribution in [0.25, 0.3) is 0 Å². The van der Waals surface area contributed by atoms with Gasteiger partial charge in [0.25, 0.3) is 0 Å². The lowest BCUT2D eigenvalue weighted by Crippen LogP contribution is -2.30. The van der Waals surface area contributed by atoms with Gasteiger partial charge in [0, 0.05) is 19.2 Å². The second-order valence-corrected chi connectivity index (χ2v) is 7.86. The molecule has 0 saturated carbocycles. The summed E-state index contributed by atoms with van der Waals surface area (Å²) >= 11 is 0. The first-order valence-corrected chi connectivity index (χ1v) is 10.0. The number of sulfonamides is 1. The Labute approximate surface area is 159 Å². The maximum Gasteiger partial charge on any atom is 0.243 e. The van der Waals surface area contributed by atoms with E-state index in [1.54, 1.807) is 45.4 Å². The van der Waals surface area contributed by atoms with Crippen LogP contribution in [0.15, 0.2) is 41.3 Å². The van der Waals surface area contributed by atoms with Gasteiger partial charge < -0.3 is 18.9 Å². The van der Waals surface area contributed by atoms with Crippen LogP contribution in [0.5, 0.6) is 23.0 Å². The van der Waals surface area contributed by atoms with Gasteiger partial charge in [0.1, 0.15) is 13.2 Å². The van der Waals surface area contributed by atoms with Gasteiger partial charge in [-0.1, -0.05) is 13.0 Å². The van der Waals surface area contributed by atoms with E-state index in [1.807, 2.05) is 6.07 Å². The molecule has 8 heteroatoms. The molecule has 0 fully saturated rings. The number of fused-ring (bicyclic) bond motifs is 1. The summed E-state index contributed by atoms with van der Waals surface area (Å²) in [6.07, 6.45) is 0. The minimum Gasteiger partial charge on any atom is -0.493 e. The fraction of sp³-hybridized carbons (Fsp3) is 0.368. The third kappa shape index (κ3) is 3.96. The minimum absolute atomic E-state index is 0.175. The quantitative estimate of drug-likeness (QED) is 0.720. The molecule has 0 aliphatic carbocycles. The van der Waals surface area contributed by atoms with Gasteiger partial charge in [-0.25, -0.2) is 8.42 Å². The number of nitrogens with zero attached hydrogens (tertiary/aromatic N) is 1. The van der Waals surface area contributed by atoms with Crippen molar-refractivity contribution in [2.75, 3.05) is 34.0 Å². The van der Waals surface area contributed by atoms with Crippen LogP contribution >= 0.6 is 0 Å². The lowest BCUT2D eigenvalue weighted by atomic mass is 10.2. The summed E-state index contributed by atoms with van der Waals surface area (Å²) in [4.78, 5) is 0.175. The highest BCUT2D eigenvalue weighted by atomic mass is 32.2. The highest BCUT2D eigenvalue weighted by molar-refractivity contribution is 7.89. The van der Waals surface area contributed by atoms with Crippen molar-refractivity contribution < 1.29 is 27.4 Å². The van der Waals surface area contributed by atoms with E-state index in [-0.39, 0.29) is 11.4 Å². The van der Waals surface area contributed by atoms with Gasteiger partial charge in [-0.2, -0.15) is 4.31 Å². The third-order valence-electron chi connectivity index (χ3n) is 4.31. The number of hydrogen-bond acceptors (Lipinski definition) is 6. The number of rotatable bonds is 7. The van der Waals surface area contributed by atoms with Gasteiger partial charge in [-0.15, -0.1) is 0 Å². The zero-order valence-corrected chi connectivity index (χ0v) is 16.4. The Bertz CT molecular complexity index is 912. The summed E-state index contributed by atoms with van der Waals surface area (Å²) in [6, 6.07) is 10.1. The maximum absolute atomic E-state index is 13.1. The number of hydrogen-bond donors (Lipinski definition) is 0. The van der Waals surface area contributed by atoms with Gasteiger partial charge in [0.15, 0.2) is 23.0 Å². The molecule has 2 aromatic rings. The molecule has 1 aliphatic rings. The van der Waals surface area contributed by atoms with Crippen molar-refractivity contribution in [2.24, 2.45) is 0 Å². The van der Waals surface area contributed by atoms with Crippen LogP contribution in [0.2, 0.25) is 0 Å². The summed E-state index contributed by atoms with van der Waals surface area (Å²) in [5.41, 5.74) is 0.801. The molecule has 0 aromatic heterocycles. The fourth-order valence-electron chi connectivity index (χ4n) is 2.88. The fourth-order valence-corrected chi connectivity index (χ4v) is 4.34. The van der Waals surface area contributed by atoms with E-state index in [2.05, 4.69) is 0 Å². The Morgan fingerprint density at radius 1 is 0.963 bits per heavy atom. The van der Waals surface area contributed by atoms with Gasteiger partial charge in [-0.3, -0.25) is 0 Å².